The van der Waals surface area contributed by atoms with Crippen molar-refractivity contribution < 1.29 is 18.4 Å². The van der Waals surface area contributed by atoms with E-state index in [1.54, 1.807) is 4.40 Å². The Morgan fingerprint density at radius 3 is 2.66 bits per heavy atom. The normalized spacial score (nSPS) is 14.9. The van der Waals surface area contributed by atoms with E-state index in [0.717, 1.165) is 12.1 Å². The number of halogens is 2. The fourth-order valence-corrected chi connectivity index (χ4v) is 3.50. The maximum atomic E-state index is 13.8. The summed E-state index contributed by atoms with van der Waals surface area (Å²) in [6.45, 7) is 0.924. The first kappa shape index (κ1) is 19.0. The van der Waals surface area contributed by atoms with Gasteiger partial charge >= 0.3 is 0 Å². The largest absolute Gasteiger partial charge is 0.349 e. The van der Waals surface area contributed by atoms with Crippen LogP contribution in [0.25, 0.3) is 5.65 Å². The van der Waals surface area contributed by atoms with Crippen molar-refractivity contribution in [3.8, 4) is 0 Å². The summed E-state index contributed by atoms with van der Waals surface area (Å²) in [6, 6.07) is 8.45. The fourth-order valence-electron chi connectivity index (χ4n) is 3.50. The molecule has 2 amide bonds. The van der Waals surface area contributed by atoms with Crippen molar-refractivity contribution in [3.63, 3.8) is 0 Å². The lowest BCUT2D eigenvalue weighted by Gasteiger charge is -2.31. The minimum Gasteiger partial charge on any atom is -0.349 e. The van der Waals surface area contributed by atoms with Crippen LogP contribution in [0.5, 0.6) is 0 Å². The predicted molar refractivity (Wildman–Crippen MR) is 99.8 cm³/mol. The third-order valence-corrected chi connectivity index (χ3v) is 5.12. The molecule has 0 unspecified atom stereocenters. The van der Waals surface area contributed by atoms with E-state index in [9.17, 15) is 18.4 Å². The van der Waals surface area contributed by atoms with Crippen molar-refractivity contribution in [1.29, 1.82) is 0 Å². The number of hydrogen-bond donors (Lipinski definition) is 1. The molecule has 1 aliphatic rings. The van der Waals surface area contributed by atoms with E-state index in [4.69, 9.17) is 0 Å². The van der Waals surface area contributed by atoms with Crippen molar-refractivity contribution in [2.45, 2.75) is 19.4 Å². The molecular formula is C20H19F2N5O2. The van der Waals surface area contributed by atoms with Gasteiger partial charge in [-0.25, -0.2) is 8.78 Å². The molecule has 1 aromatic carbocycles. The van der Waals surface area contributed by atoms with Crippen molar-refractivity contribution >= 4 is 17.5 Å². The summed E-state index contributed by atoms with van der Waals surface area (Å²) in [5.74, 6) is -1.82. The number of rotatable bonds is 4. The summed E-state index contributed by atoms with van der Waals surface area (Å²) in [5.41, 5.74) is 0.546. The minimum absolute atomic E-state index is 0.113. The van der Waals surface area contributed by atoms with Crippen molar-refractivity contribution in [2.24, 2.45) is 5.92 Å². The molecule has 9 heteroatoms. The second-order valence-electron chi connectivity index (χ2n) is 6.95. The van der Waals surface area contributed by atoms with Gasteiger partial charge in [-0.05, 0) is 37.1 Å². The van der Waals surface area contributed by atoms with Crippen molar-refractivity contribution in [1.82, 2.24) is 24.8 Å². The third-order valence-electron chi connectivity index (χ3n) is 5.12. The van der Waals surface area contributed by atoms with E-state index in [-0.39, 0.29) is 23.9 Å². The molecule has 1 aliphatic heterocycles. The number of pyridine rings is 1. The minimum atomic E-state index is -0.879. The van der Waals surface area contributed by atoms with Crippen LogP contribution in [0.15, 0.2) is 42.6 Å². The zero-order chi connectivity index (χ0) is 20.4. The molecule has 1 N–H and O–H groups in total. The number of hydrogen-bond acceptors (Lipinski definition) is 4. The highest BCUT2D eigenvalue weighted by atomic mass is 19.1. The average Bonchev–Trinajstić information content (AvgIpc) is 3.15. The number of nitrogens with zero attached hydrogens (tertiary/aromatic N) is 4. The molecule has 3 aromatic rings. The first-order valence-electron chi connectivity index (χ1n) is 9.33. The van der Waals surface area contributed by atoms with E-state index in [2.05, 4.69) is 15.5 Å². The van der Waals surface area contributed by atoms with Crippen LogP contribution in [0.2, 0.25) is 0 Å². The quantitative estimate of drug-likeness (QED) is 0.729. The van der Waals surface area contributed by atoms with Gasteiger partial charge in [0.15, 0.2) is 11.5 Å². The molecule has 0 aliphatic carbocycles. The van der Waals surface area contributed by atoms with E-state index < -0.39 is 17.5 Å². The summed E-state index contributed by atoms with van der Waals surface area (Å²) in [4.78, 5) is 26.4. The highest BCUT2D eigenvalue weighted by molar-refractivity contribution is 5.94. The first-order chi connectivity index (χ1) is 14.0. The SMILES string of the molecule is O=C(NCc1nnc2ccccn12)C1CCN(C(=O)c2ccc(F)cc2F)CC1. The Morgan fingerprint density at radius 1 is 1.10 bits per heavy atom. The van der Waals surface area contributed by atoms with Crippen LogP contribution in [0.1, 0.15) is 29.0 Å². The molecule has 1 saturated heterocycles. The molecule has 0 saturated carbocycles. The molecular weight excluding hydrogens is 380 g/mol. The number of carbonyl (C=O) groups excluding carboxylic acids is 2. The molecule has 7 nitrogen and oxygen atoms in total. The predicted octanol–water partition coefficient (Wildman–Crippen LogP) is 2.18. The maximum Gasteiger partial charge on any atom is 0.256 e. The Bertz CT molecular complexity index is 1060. The van der Waals surface area contributed by atoms with E-state index in [0.29, 0.717) is 43.5 Å². The van der Waals surface area contributed by atoms with Gasteiger partial charge in [-0.3, -0.25) is 14.0 Å². The maximum absolute atomic E-state index is 13.8. The van der Waals surface area contributed by atoms with Gasteiger partial charge < -0.3 is 10.2 Å². The lowest BCUT2D eigenvalue weighted by atomic mass is 9.95. The summed E-state index contributed by atoms with van der Waals surface area (Å²) in [7, 11) is 0. The first-order valence-corrected chi connectivity index (χ1v) is 9.33. The highest BCUT2D eigenvalue weighted by Crippen LogP contribution is 2.21. The summed E-state index contributed by atoms with van der Waals surface area (Å²) < 4.78 is 28.7. The van der Waals surface area contributed by atoms with E-state index in [1.807, 2.05) is 24.4 Å². The molecule has 0 radical (unpaired) electrons. The van der Waals surface area contributed by atoms with Crippen LogP contribution >= 0.6 is 0 Å². The fraction of sp³-hybridized carbons (Fsp3) is 0.300. The number of fused-ring (bicyclic) bond motifs is 1. The highest BCUT2D eigenvalue weighted by Gasteiger charge is 2.29. The van der Waals surface area contributed by atoms with Crippen LogP contribution in [0.3, 0.4) is 0 Å². The van der Waals surface area contributed by atoms with Crippen LogP contribution < -0.4 is 5.32 Å². The van der Waals surface area contributed by atoms with E-state index in [1.165, 1.54) is 4.90 Å². The standard InChI is InChI=1S/C20H19F2N5O2/c21-14-4-5-15(16(22)11-14)20(29)26-9-6-13(7-10-26)19(28)23-12-18-25-24-17-3-1-2-8-27(17)18/h1-5,8,11,13H,6-7,9-10,12H2,(H,23,28). The molecule has 2 aromatic heterocycles. The Balaban J connectivity index is 1.32. The molecule has 0 spiro atoms. The monoisotopic (exact) mass is 399 g/mol. The molecule has 4 rings (SSSR count). The topological polar surface area (TPSA) is 79.6 Å². The van der Waals surface area contributed by atoms with Crippen LogP contribution in [-0.4, -0.2) is 44.4 Å². The van der Waals surface area contributed by atoms with Gasteiger partial charge in [-0.1, -0.05) is 6.07 Å². The number of amides is 2. The summed E-state index contributed by atoms with van der Waals surface area (Å²) in [5, 5.41) is 11.0. The Morgan fingerprint density at radius 2 is 1.90 bits per heavy atom. The molecule has 0 bridgehead atoms. The second kappa shape index (κ2) is 7.94. The number of carbonyl (C=O) groups is 2. The van der Waals surface area contributed by atoms with Gasteiger partial charge in [-0.2, -0.15) is 0 Å². The van der Waals surface area contributed by atoms with Crippen molar-refractivity contribution in [3.05, 3.63) is 65.6 Å². The lowest BCUT2D eigenvalue weighted by Crippen LogP contribution is -2.43. The zero-order valence-corrected chi connectivity index (χ0v) is 15.5. The summed E-state index contributed by atoms with van der Waals surface area (Å²) >= 11 is 0. The van der Waals surface area contributed by atoms with Crippen LogP contribution in [-0.2, 0) is 11.3 Å². The number of piperidine rings is 1. The number of benzene rings is 1. The molecule has 3 heterocycles. The number of nitrogens with one attached hydrogen (secondary N) is 1. The zero-order valence-electron chi connectivity index (χ0n) is 15.5. The molecule has 1 fully saturated rings. The van der Waals surface area contributed by atoms with Crippen LogP contribution in [0.4, 0.5) is 8.78 Å². The number of likely N-dealkylation sites (tertiary alicyclic amines) is 1. The Labute approximate surface area is 165 Å². The number of aromatic nitrogens is 3. The summed E-state index contributed by atoms with van der Waals surface area (Å²) in [6.07, 6.45) is 2.78. The Hall–Kier alpha value is -3.36. The van der Waals surface area contributed by atoms with Crippen molar-refractivity contribution in [2.75, 3.05) is 13.1 Å². The van der Waals surface area contributed by atoms with Gasteiger partial charge in [0.25, 0.3) is 5.91 Å². The average molecular weight is 399 g/mol. The molecule has 29 heavy (non-hydrogen) atoms. The van der Waals surface area contributed by atoms with Gasteiger partial charge in [0.2, 0.25) is 5.91 Å². The third kappa shape index (κ3) is 3.94. The van der Waals surface area contributed by atoms with Gasteiger partial charge in [0, 0.05) is 31.3 Å². The van der Waals surface area contributed by atoms with Gasteiger partial charge in [0.05, 0.1) is 12.1 Å². The second-order valence-corrected chi connectivity index (χ2v) is 6.95. The van der Waals surface area contributed by atoms with E-state index >= 15 is 0 Å². The molecule has 150 valence electrons. The lowest BCUT2D eigenvalue weighted by molar-refractivity contribution is -0.126. The van der Waals surface area contributed by atoms with Gasteiger partial charge in [-0.15, -0.1) is 10.2 Å². The smallest absolute Gasteiger partial charge is 0.256 e. The van der Waals surface area contributed by atoms with Crippen LogP contribution in [0, 0.1) is 17.6 Å². The Kier molecular flexibility index (Phi) is 5.20. The molecule has 0 atom stereocenters. The van der Waals surface area contributed by atoms with Gasteiger partial charge in [0.1, 0.15) is 11.6 Å².